The van der Waals surface area contributed by atoms with Crippen molar-refractivity contribution in [2.24, 2.45) is 0 Å². The molecule has 3 aromatic carbocycles. The lowest BCUT2D eigenvalue weighted by atomic mass is 10.2. The van der Waals surface area contributed by atoms with E-state index in [-0.39, 0.29) is 27.6 Å². The summed E-state index contributed by atoms with van der Waals surface area (Å²) in [4.78, 5) is 54.9. The van der Waals surface area contributed by atoms with Gasteiger partial charge in [-0.05, 0) is 41.4 Å². The summed E-state index contributed by atoms with van der Waals surface area (Å²) in [6.45, 7) is 0.384. The van der Waals surface area contributed by atoms with Gasteiger partial charge in [-0.1, -0.05) is 29.3 Å². The van der Waals surface area contributed by atoms with E-state index in [1.54, 1.807) is 24.3 Å². The number of nitrogens with one attached hydrogen (secondary N) is 3. The Morgan fingerprint density at radius 2 is 1.49 bits per heavy atom. The molecule has 2 aromatic heterocycles. The highest BCUT2D eigenvalue weighted by Crippen LogP contribution is 2.27. The first kappa shape index (κ1) is 27.4. The van der Waals surface area contributed by atoms with Crippen LogP contribution in [-0.4, -0.2) is 29.8 Å². The molecule has 3 N–H and O–H groups in total. The second-order valence-electron chi connectivity index (χ2n) is 7.78. The number of hydrogen-bond donors (Lipinski definition) is 3. The summed E-state index contributed by atoms with van der Waals surface area (Å²) < 4.78 is 0. The molecule has 0 saturated heterocycles. The van der Waals surface area contributed by atoms with Crippen LogP contribution in [0.2, 0.25) is 15.3 Å². The zero-order valence-corrected chi connectivity index (χ0v) is 21.5. The number of nitro benzene ring substituents is 2. The normalized spacial score (nSPS) is 10.6. The van der Waals surface area contributed by atoms with Gasteiger partial charge in [-0.15, -0.1) is 0 Å². The van der Waals surface area contributed by atoms with E-state index in [1.165, 1.54) is 24.3 Å². The quantitative estimate of drug-likeness (QED) is 0.140. The van der Waals surface area contributed by atoms with E-state index in [9.17, 15) is 29.8 Å². The number of aromatic amines is 2. The predicted molar refractivity (Wildman–Crippen MR) is 147 cm³/mol. The standard InChI is InChI=1S/C15H9Cl3N4O2.C8H5N3O4/c16-9-2-1-8(12(17)5-9)7-19-14-11-4-3-10(22(23)24)6-13(11)20-15(18)21-14;12-7-5-2-1-4(11(14)15)3-6(5)9-8(13)10-7/h1-6H,7H2,(H,19,20,21);1-3H,(H2,9,10,12,13). The van der Waals surface area contributed by atoms with Gasteiger partial charge < -0.3 is 10.3 Å². The third-order valence-electron chi connectivity index (χ3n) is 5.26. The minimum atomic E-state index is -0.687. The first-order valence-electron chi connectivity index (χ1n) is 10.7. The van der Waals surface area contributed by atoms with Crippen LogP contribution in [0, 0.1) is 20.2 Å². The second kappa shape index (κ2) is 11.4. The largest absolute Gasteiger partial charge is 0.365 e. The number of H-pyrrole nitrogens is 2. The lowest BCUT2D eigenvalue weighted by molar-refractivity contribution is -0.384. The maximum absolute atomic E-state index is 11.2. The number of nitrogens with zero attached hydrogens (tertiary/aromatic N) is 4. The van der Waals surface area contributed by atoms with Crippen molar-refractivity contribution in [1.29, 1.82) is 0 Å². The van der Waals surface area contributed by atoms with Crippen LogP contribution in [0.3, 0.4) is 0 Å². The van der Waals surface area contributed by atoms with Gasteiger partial charge in [-0.3, -0.25) is 30.0 Å². The van der Waals surface area contributed by atoms with E-state index < -0.39 is 21.1 Å². The number of halogens is 3. The molecule has 0 radical (unpaired) electrons. The zero-order chi connectivity index (χ0) is 28.3. The molecule has 198 valence electrons. The minimum Gasteiger partial charge on any atom is -0.365 e. The van der Waals surface area contributed by atoms with E-state index in [1.807, 2.05) is 4.98 Å². The van der Waals surface area contributed by atoms with Crippen molar-refractivity contribution in [3.63, 3.8) is 0 Å². The van der Waals surface area contributed by atoms with Crippen LogP contribution in [-0.2, 0) is 6.54 Å². The fourth-order valence-electron chi connectivity index (χ4n) is 3.45. The number of nitro groups is 2. The maximum Gasteiger partial charge on any atom is 0.326 e. The molecule has 0 bridgehead atoms. The number of hydrogen-bond acceptors (Lipinski definition) is 9. The van der Waals surface area contributed by atoms with Gasteiger partial charge in [0.15, 0.2) is 0 Å². The molecule has 13 nitrogen and oxygen atoms in total. The minimum absolute atomic E-state index is 0.00676. The Bertz CT molecular complexity index is 1880. The molecular weight excluding hydrogens is 577 g/mol. The Hall–Kier alpha value is -4.59. The molecule has 0 unspecified atom stereocenters. The highest BCUT2D eigenvalue weighted by molar-refractivity contribution is 6.35. The monoisotopic (exact) mass is 589 g/mol. The summed E-state index contributed by atoms with van der Waals surface area (Å²) in [5.74, 6) is 0.464. The van der Waals surface area contributed by atoms with Gasteiger partial charge in [0.25, 0.3) is 16.9 Å². The van der Waals surface area contributed by atoms with Gasteiger partial charge in [-0.2, -0.15) is 0 Å². The molecule has 2 heterocycles. The van der Waals surface area contributed by atoms with Crippen molar-refractivity contribution in [1.82, 2.24) is 19.9 Å². The molecule has 0 aliphatic rings. The topological polar surface area (TPSA) is 190 Å². The van der Waals surface area contributed by atoms with Crippen molar-refractivity contribution in [2.75, 3.05) is 5.32 Å². The summed E-state index contributed by atoms with van der Waals surface area (Å²) in [7, 11) is 0. The molecule has 0 saturated carbocycles. The lowest BCUT2D eigenvalue weighted by Gasteiger charge is -2.10. The summed E-state index contributed by atoms with van der Waals surface area (Å²) in [5.41, 5.74) is -0.137. The highest BCUT2D eigenvalue weighted by Gasteiger charge is 2.13. The van der Waals surface area contributed by atoms with Crippen LogP contribution >= 0.6 is 34.8 Å². The van der Waals surface area contributed by atoms with Crippen LogP contribution in [0.4, 0.5) is 17.2 Å². The van der Waals surface area contributed by atoms with E-state index in [0.717, 1.165) is 11.6 Å². The molecule has 39 heavy (non-hydrogen) atoms. The Kier molecular flexibility index (Phi) is 8.04. The van der Waals surface area contributed by atoms with Crippen molar-refractivity contribution in [3.8, 4) is 0 Å². The fraction of sp³-hybridized carbons (Fsp3) is 0.0435. The molecule has 5 aromatic rings. The van der Waals surface area contributed by atoms with E-state index in [4.69, 9.17) is 34.8 Å². The Morgan fingerprint density at radius 1 is 0.821 bits per heavy atom. The van der Waals surface area contributed by atoms with Gasteiger partial charge in [0.05, 0.1) is 26.3 Å². The Labute approximate surface area is 231 Å². The third kappa shape index (κ3) is 6.46. The first-order chi connectivity index (χ1) is 18.5. The first-order valence-corrected chi connectivity index (χ1v) is 11.9. The van der Waals surface area contributed by atoms with Crippen LogP contribution < -0.4 is 16.6 Å². The van der Waals surface area contributed by atoms with Crippen molar-refractivity contribution < 1.29 is 9.85 Å². The SMILES string of the molecule is O=[N+]([O-])c1ccc2c(NCc3ccc(Cl)cc3Cl)nc(Cl)nc2c1.O=c1[nH]c(=O)c2ccc([N+](=O)[O-])cc2[nH]1. The average molecular weight is 591 g/mol. The summed E-state index contributed by atoms with van der Waals surface area (Å²) in [5, 5.41) is 26.3. The molecule has 16 heteroatoms. The van der Waals surface area contributed by atoms with Gasteiger partial charge >= 0.3 is 5.69 Å². The number of fused-ring (bicyclic) bond motifs is 2. The number of anilines is 1. The molecule has 0 spiro atoms. The smallest absolute Gasteiger partial charge is 0.326 e. The summed E-state index contributed by atoms with van der Waals surface area (Å²) >= 11 is 17.9. The van der Waals surface area contributed by atoms with E-state index in [0.29, 0.717) is 33.3 Å². The second-order valence-corrected chi connectivity index (χ2v) is 8.97. The fourth-order valence-corrected chi connectivity index (χ4v) is 4.10. The highest BCUT2D eigenvalue weighted by atomic mass is 35.5. The summed E-state index contributed by atoms with van der Waals surface area (Å²) in [6, 6.07) is 13.1. The third-order valence-corrected chi connectivity index (χ3v) is 6.02. The average Bonchev–Trinajstić information content (AvgIpc) is 2.87. The van der Waals surface area contributed by atoms with Gasteiger partial charge in [0, 0.05) is 46.2 Å². The van der Waals surface area contributed by atoms with Crippen molar-refractivity contribution >= 4 is 73.8 Å². The van der Waals surface area contributed by atoms with Crippen LogP contribution in [0.5, 0.6) is 0 Å². The number of rotatable bonds is 5. The van der Waals surface area contributed by atoms with Crippen molar-refractivity contribution in [3.05, 3.63) is 117 Å². The Morgan fingerprint density at radius 3 is 2.15 bits per heavy atom. The predicted octanol–water partition coefficient (Wildman–Crippen LogP) is 5.23. The number of aromatic nitrogens is 4. The van der Waals surface area contributed by atoms with Gasteiger partial charge in [0.2, 0.25) is 5.28 Å². The number of non-ortho nitro benzene ring substituents is 2. The molecule has 5 rings (SSSR count). The molecule has 0 amide bonds. The number of benzene rings is 3. The zero-order valence-electron chi connectivity index (χ0n) is 19.3. The van der Waals surface area contributed by atoms with E-state index >= 15 is 0 Å². The molecule has 0 aliphatic heterocycles. The van der Waals surface area contributed by atoms with Crippen LogP contribution in [0.15, 0.2) is 64.2 Å². The maximum atomic E-state index is 11.2. The van der Waals surface area contributed by atoms with Crippen molar-refractivity contribution in [2.45, 2.75) is 6.54 Å². The molecule has 0 aliphatic carbocycles. The van der Waals surface area contributed by atoms with Gasteiger partial charge in [-0.25, -0.2) is 14.8 Å². The molecule has 0 fully saturated rings. The Balaban J connectivity index is 0.000000202. The molecule has 0 atom stereocenters. The molecular formula is C23H14Cl3N7O6. The van der Waals surface area contributed by atoms with Crippen LogP contribution in [0.25, 0.3) is 21.8 Å². The van der Waals surface area contributed by atoms with E-state index in [2.05, 4.69) is 20.3 Å². The summed E-state index contributed by atoms with van der Waals surface area (Å²) in [6.07, 6.45) is 0. The van der Waals surface area contributed by atoms with Gasteiger partial charge in [0.1, 0.15) is 5.82 Å². The lowest BCUT2D eigenvalue weighted by Crippen LogP contribution is -2.21. The van der Waals surface area contributed by atoms with Crippen LogP contribution in [0.1, 0.15) is 5.56 Å².